The van der Waals surface area contributed by atoms with Crippen molar-refractivity contribution in [3.05, 3.63) is 28.3 Å². The average molecular weight is 279 g/mol. The van der Waals surface area contributed by atoms with Crippen molar-refractivity contribution < 1.29 is 14.8 Å². The summed E-state index contributed by atoms with van der Waals surface area (Å²) in [6.07, 6.45) is 0. The first kappa shape index (κ1) is 11.8. The number of carboxylic acids is 1. The van der Waals surface area contributed by atoms with Crippen LogP contribution in [-0.2, 0) is 4.79 Å². The second kappa shape index (κ2) is 4.16. The Bertz CT molecular complexity index is 678. The maximum atomic E-state index is 10.7. The molecule has 3 rings (SSSR count). The number of benzene rings is 1. The highest BCUT2D eigenvalue weighted by molar-refractivity contribution is 7.22. The molecule has 1 aromatic heterocycles. The van der Waals surface area contributed by atoms with Gasteiger partial charge in [0.2, 0.25) is 0 Å². The number of non-ortho nitro benzene ring substituents is 1. The molecule has 7 nitrogen and oxygen atoms in total. The van der Waals surface area contributed by atoms with Crippen LogP contribution < -0.4 is 4.90 Å². The summed E-state index contributed by atoms with van der Waals surface area (Å²) < 4.78 is 0.861. The summed E-state index contributed by atoms with van der Waals surface area (Å²) >= 11 is 1.41. The summed E-state index contributed by atoms with van der Waals surface area (Å²) in [4.78, 5) is 27.1. The zero-order valence-electron chi connectivity index (χ0n) is 9.65. The monoisotopic (exact) mass is 279 g/mol. The van der Waals surface area contributed by atoms with Crippen molar-refractivity contribution in [3.8, 4) is 0 Å². The fourth-order valence-electron chi connectivity index (χ4n) is 1.94. The second-order valence-corrected chi connectivity index (χ2v) is 5.35. The molecule has 98 valence electrons. The quantitative estimate of drug-likeness (QED) is 0.678. The molecule has 0 atom stereocenters. The molecular weight excluding hydrogens is 270 g/mol. The van der Waals surface area contributed by atoms with Gasteiger partial charge in [0.15, 0.2) is 5.13 Å². The van der Waals surface area contributed by atoms with Crippen LogP contribution in [0.15, 0.2) is 18.2 Å². The van der Waals surface area contributed by atoms with Crippen molar-refractivity contribution in [2.24, 2.45) is 5.92 Å². The van der Waals surface area contributed by atoms with E-state index in [1.807, 2.05) is 4.90 Å². The fourth-order valence-corrected chi connectivity index (χ4v) is 2.91. The molecule has 0 radical (unpaired) electrons. The number of aliphatic carboxylic acids is 1. The van der Waals surface area contributed by atoms with Crippen LogP contribution in [0, 0.1) is 16.0 Å². The molecule has 1 saturated heterocycles. The van der Waals surface area contributed by atoms with Gasteiger partial charge in [-0.25, -0.2) is 4.98 Å². The van der Waals surface area contributed by atoms with E-state index in [-0.39, 0.29) is 11.6 Å². The molecule has 1 fully saturated rings. The number of carbonyl (C=O) groups is 1. The van der Waals surface area contributed by atoms with Crippen molar-refractivity contribution in [1.82, 2.24) is 4.98 Å². The smallest absolute Gasteiger partial charge is 0.310 e. The fraction of sp³-hybridized carbons (Fsp3) is 0.273. The van der Waals surface area contributed by atoms with Gasteiger partial charge in [-0.05, 0) is 6.07 Å². The molecule has 1 aromatic carbocycles. The van der Waals surface area contributed by atoms with E-state index in [1.54, 1.807) is 6.07 Å². The highest BCUT2D eigenvalue weighted by atomic mass is 32.1. The number of carboxylic acid groups (broad SMARTS) is 1. The molecule has 8 heteroatoms. The molecule has 2 aromatic rings. The Morgan fingerprint density at radius 1 is 1.53 bits per heavy atom. The number of nitrogens with zero attached hydrogens (tertiary/aromatic N) is 3. The lowest BCUT2D eigenvalue weighted by Gasteiger charge is -2.36. The average Bonchev–Trinajstić information content (AvgIpc) is 2.67. The topological polar surface area (TPSA) is 96.6 Å². The highest BCUT2D eigenvalue weighted by Crippen LogP contribution is 2.34. The normalized spacial score (nSPS) is 15.5. The lowest BCUT2D eigenvalue weighted by molar-refractivity contribution is -0.384. The largest absolute Gasteiger partial charge is 0.481 e. The molecule has 0 unspecified atom stereocenters. The Morgan fingerprint density at radius 2 is 2.26 bits per heavy atom. The van der Waals surface area contributed by atoms with Crippen molar-refractivity contribution in [3.63, 3.8) is 0 Å². The minimum atomic E-state index is -0.798. The van der Waals surface area contributed by atoms with Gasteiger partial charge in [-0.15, -0.1) is 0 Å². The summed E-state index contributed by atoms with van der Waals surface area (Å²) in [6.45, 7) is 0.883. The van der Waals surface area contributed by atoms with Crippen molar-refractivity contribution >= 4 is 38.3 Å². The standard InChI is InChI=1S/C11H9N3O4S/c15-10(16)6-4-13(5-6)11-12-8-3-7(14(17)18)1-2-9(8)19-11/h1-3,6H,4-5H2,(H,15,16). The molecule has 1 aliphatic heterocycles. The molecule has 0 amide bonds. The Labute approximate surface area is 111 Å². The SMILES string of the molecule is O=C(O)C1CN(c2nc3cc([N+](=O)[O-])ccc3s2)C1. The minimum Gasteiger partial charge on any atom is -0.481 e. The van der Waals surface area contributed by atoms with Crippen LogP contribution in [-0.4, -0.2) is 34.1 Å². The number of hydrogen-bond donors (Lipinski definition) is 1. The Balaban J connectivity index is 1.87. The van der Waals surface area contributed by atoms with Crippen LogP contribution in [0.1, 0.15) is 0 Å². The van der Waals surface area contributed by atoms with Crippen LogP contribution in [0.2, 0.25) is 0 Å². The van der Waals surface area contributed by atoms with Gasteiger partial charge < -0.3 is 10.0 Å². The third kappa shape index (κ3) is 1.99. The van der Waals surface area contributed by atoms with Gasteiger partial charge in [-0.3, -0.25) is 14.9 Å². The lowest BCUT2D eigenvalue weighted by atomic mass is 10.0. The highest BCUT2D eigenvalue weighted by Gasteiger charge is 2.34. The minimum absolute atomic E-state index is 0.0105. The van der Waals surface area contributed by atoms with Crippen molar-refractivity contribution in [2.45, 2.75) is 0 Å². The molecule has 1 aliphatic rings. The number of hydrogen-bond acceptors (Lipinski definition) is 6. The summed E-state index contributed by atoms with van der Waals surface area (Å²) in [6, 6.07) is 4.55. The summed E-state index contributed by atoms with van der Waals surface area (Å²) in [5, 5.41) is 20.2. The molecule has 0 bridgehead atoms. The lowest BCUT2D eigenvalue weighted by Crippen LogP contribution is -2.50. The molecular formula is C11H9N3O4S. The number of thiazole rings is 1. The Hall–Kier alpha value is -2.22. The third-order valence-corrected chi connectivity index (χ3v) is 4.17. The van der Waals surface area contributed by atoms with Crippen LogP contribution in [0.25, 0.3) is 10.2 Å². The van der Waals surface area contributed by atoms with Crippen molar-refractivity contribution in [1.29, 1.82) is 0 Å². The number of nitro groups is 1. The van der Waals surface area contributed by atoms with E-state index in [0.717, 1.165) is 4.70 Å². The summed E-state index contributed by atoms with van der Waals surface area (Å²) in [7, 11) is 0. The van der Waals surface area contributed by atoms with E-state index < -0.39 is 10.9 Å². The first-order chi connectivity index (χ1) is 9.04. The zero-order valence-corrected chi connectivity index (χ0v) is 10.5. The maximum absolute atomic E-state index is 10.7. The van der Waals surface area contributed by atoms with E-state index in [0.29, 0.717) is 23.7 Å². The first-order valence-corrected chi connectivity index (χ1v) is 6.39. The maximum Gasteiger partial charge on any atom is 0.310 e. The molecule has 0 aliphatic carbocycles. The molecule has 0 saturated carbocycles. The van der Waals surface area contributed by atoms with E-state index in [9.17, 15) is 14.9 Å². The van der Waals surface area contributed by atoms with E-state index >= 15 is 0 Å². The van der Waals surface area contributed by atoms with E-state index in [1.165, 1.54) is 23.5 Å². The van der Waals surface area contributed by atoms with Gasteiger partial charge in [0.05, 0.1) is 21.1 Å². The van der Waals surface area contributed by atoms with Gasteiger partial charge in [0, 0.05) is 25.2 Å². The molecule has 1 N–H and O–H groups in total. The van der Waals surface area contributed by atoms with Gasteiger partial charge in [-0.2, -0.15) is 0 Å². The van der Waals surface area contributed by atoms with Crippen LogP contribution >= 0.6 is 11.3 Å². The number of rotatable bonds is 3. The van der Waals surface area contributed by atoms with Gasteiger partial charge >= 0.3 is 5.97 Å². The number of fused-ring (bicyclic) bond motifs is 1. The van der Waals surface area contributed by atoms with Crippen LogP contribution in [0.3, 0.4) is 0 Å². The van der Waals surface area contributed by atoms with Crippen LogP contribution in [0.4, 0.5) is 10.8 Å². The van der Waals surface area contributed by atoms with E-state index in [2.05, 4.69) is 4.98 Å². The molecule has 19 heavy (non-hydrogen) atoms. The van der Waals surface area contributed by atoms with Gasteiger partial charge in [-0.1, -0.05) is 11.3 Å². The van der Waals surface area contributed by atoms with Gasteiger partial charge in [0.25, 0.3) is 5.69 Å². The summed E-state index contributed by atoms with van der Waals surface area (Å²) in [5.74, 6) is -1.14. The Kier molecular flexibility index (Phi) is 2.59. The number of nitro benzene ring substituents is 1. The zero-order chi connectivity index (χ0) is 13.6. The molecule has 0 spiro atoms. The van der Waals surface area contributed by atoms with E-state index in [4.69, 9.17) is 5.11 Å². The third-order valence-electron chi connectivity index (χ3n) is 3.07. The second-order valence-electron chi connectivity index (χ2n) is 4.35. The summed E-state index contributed by atoms with van der Waals surface area (Å²) in [5.41, 5.74) is 0.587. The number of aromatic nitrogens is 1. The van der Waals surface area contributed by atoms with Crippen molar-refractivity contribution in [2.75, 3.05) is 18.0 Å². The predicted molar refractivity (Wildman–Crippen MR) is 69.6 cm³/mol. The predicted octanol–water partition coefficient (Wildman–Crippen LogP) is 1.73. The first-order valence-electron chi connectivity index (χ1n) is 5.57. The molecule has 2 heterocycles. The van der Waals surface area contributed by atoms with Crippen LogP contribution in [0.5, 0.6) is 0 Å². The van der Waals surface area contributed by atoms with Gasteiger partial charge in [0.1, 0.15) is 0 Å². The Morgan fingerprint density at radius 3 is 2.89 bits per heavy atom. The number of anilines is 1.